The molecule has 1 aromatic carbocycles. The minimum absolute atomic E-state index is 0.0195. The lowest BCUT2D eigenvalue weighted by atomic mass is 10.0. The van der Waals surface area contributed by atoms with Crippen LogP contribution in [-0.2, 0) is 10.0 Å². The maximum atomic E-state index is 13.3. The van der Waals surface area contributed by atoms with E-state index in [2.05, 4.69) is 0 Å². The van der Waals surface area contributed by atoms with Crippen LogP contribution in [0.4, 0.5) is 4.39 Å². The first-order chi connectivity index (χ1) is 8.95. The fourth-order valence-corrected chi connectivity index (χ4v) is 4.18. The Morgan fingerprint density at radius 1 is 1.47 bits per heavy atom. The van der Waals surface area contributed by atoms with Crippen LogP contribution in [0.25, 0.3) is 0 Å². The van der Waals surface area contributed by atoms with Gasteiger partial charge in [-0.25, -0.2) is 12.8 Å². The molecular weight excluding hydrogens is 269 g/mol. The molecule has 1 N–H and O–H groups in total. The van der Waals surface area contributed by atoms with E-state index in [-0.39, 0.29) is 17.4 Å². The van der Waals surface area contributed by atoms with Crippen molar-refractivity contribution in [2.45, 2.75) is 24.7 Å². The Bertz CT molecular complexity index is 559. The first-order valence-corrected chi connectivity index (χ1v) is 7.76. The van der Waals surface area contributed by atoms with Gasteiger partial charge < -0.3 is 5.11 Å². The van der Waals surface area contributed by atoms with Crippen molar-refractivity contribution in [2.75, 3.05) is 19.7 Å². The van der Waals surface area contributed by atoms with Gasteiger partial charge in [0.1, 0.15) is 5.82 Å². The molecule has 0 saturated carbocycles. The molecule has 1 aliphatic rings. The summed E-state index contributed by atoms with van der Waals surface area (Å²) in [7, 11) is -3.68. The van der Waals surface area contributed by atoms with Crippen molar-refractivity contribution in [1.82, 2.24) is 4.31 Å². The third-order valence-electron chi connectivity index (χ3n) is 3.51. The second kappa shape index (κ2) is 5.56. The van der Waals surface area contributed by atoms with Gasteiger partial charge in [-0.15, -0.1) is 0 Å². The van der Waals surface area contributed by atoms with Gasteiger partial charge in [0, 0.05) is 19.7 Å². The minimum atomic E-state index is -3.68. The molecule has 1 unspecified atom stereocenters. The van der Waals surface area contributed by atoms with Crippen LogP contribution >= 0.6 is 0 Å². The average Bonchev–Trinajstić information content (AvgIpc) is 2.41. The first-order valence-electron chi connectivity index (χ1n) is 6.32. The topological polar surface area (TPSA) is 57.6 Å². The number of hydrogen-bond acceptors (Lipinski definition) is 3. The number of halogens is 1. The lowest BCUT2D eigenvalue weighted by Gasteiger charge is -2.31. The third kappa shape index (κ3) is 2.96. The highest BCUT2D eigenvalue weighted by molar-refractivity contribution is 7.89. The van der Waals surface area contributed by atoms with E-state index < -0.39 is 15.8 Å². The fraction of sp³-hybridized carbons (Fsp3) is 0.538. The number of benzene rings is 1. The van der Waals surface area contributed by atoms with E-state index in [9.17, 15) is 12.8 Å². The van der Waals surface area contributed by atoms with Crippen molar-refractivity contribution in [3.05, 3.63) is 29.6 Å². The molecule has 1 fully saturated rings. The maximum absolute atomic E-state index is 13.3. The van der Waals surface area contributed by atoms with Gasteiger partial charge in [-0.3, -0.25) is 0 Å². The standard InChI is InChI=1S/C13H18FNO3S/c1-10-4-5-12(14)7-13(10)19(17,18)15-6-2-3-11(8-15)9-16/h4-5,7,11,16H,2-3,6,8-9H2,1H3. The Hall–Kier alpha value is -0.980. The molecule has 0 spiro atoms. The second-order valence-electron chi connectivity index (χ2n) is 4.96. The van der Waals surface area contributed by atoms with Gasteiger partial charge in [-0.05, 0) is 43.4 Å². The van der Waals surface area contributed by atoms with Crippen LogP contribution in [0.5, 0.6) is 0 Å². The van der Waals surface area contributed by atoms with Crippen LogP contribution in [0.3, 0.4) is 0 Å². The number of rotatable bonds is 3. The molecule has 1 heterocycles. The van der Waals surface area contributed by atoms with Crippen molar-refractivity contribution in [1.29, 1.82) is 0 Å². The molecule has 4 nitrogen and oxygen atoms in total. The van der Waals surface area contributed by atoms with E-state index in [1.807, 2.05) is 0 Å². The normalized spacial score (nSPS) is 21.5. The zero-order valence-corrected chi connectivity index (χ0v) is 11.7. The summed E-state index contributed by atoms with van der Waals surface area (Å²) in [6, 6.07) is 3.78. The van der Waals surface area contributed by atoms with E-state index in [0.717, 1.165) is 18.9 Å². The van der Waals surface area contributed by atoms with Crippen LogP contribution in [0.15, 0.2) is 23.1 Å². The van der Waals surface area contributed by atoms with Gasteiger partial charge in [-0.2, -0.15) is 4.31 Å². The zero-order chi connectivity index (χ0) is 14.0. The van der Waals surface area contributed by atoms with Gasteiger partial charge in [-0.1, -0.05) is 6.07 Å². The highest BCUT2D eigenvalue weighted by Crippen LogP contribution is 2.25. The number of sulfonamides is 1. The predicted octanol–water partition coefficient (Wildman–Crippen LogP) is 1.53. The van der Waals surface area contributed by atoms with Crippen LogP contribution < -0.4 is 0 Å². The molecule has 0 aromatic heterocycles. The summed E-state index contributed by atoms with van der Waals surface area (Å²) in [6.45, 7) is 2.36. The largest absolute Gasteiger partial charge is 0.396 e. The van der Waals surface area contributed by atoms with Gasteiger partial charge in [0.2, 0.25) is 10.0 Å². The Morgan fingerprint density at radius 2 is 2.21 bits per heavy atom. The molecule has 19 heavy (non-hydrogen) atoms. The molecule has 2 rings (SSSR count). The van der Waals surface area contributed by atoms with Crippen molar-refractivity contribution < 1.29 is 17.9 Å². The van der Waals surface area contributed by atoms with Gasteiger partial charge in [0.15, 0.2) is 0 Å². The summed E-state index contributed by atoms with van der Waals surface area (Å²) in [5, 5.41) is 9.16. The number of nitrogens with zero attached hydrogens (tertiary/aromatic N) is 1. The summed E-state index contributed by atoms with van der Waals surface area (Å²) in [5.74, 6) is -0.586. The quantitative estimate of drug-likeness (QED) is 0.917. The molecule has 1 aromatic rings. The second-order valence-corrected chi connectivity index (χ2v) is 6.87. The number of aryl methyl sites for hydroxylation is 1. The SMILES string of the molecule is Cc1ccc(F)cc1S(=O)(=O)N1CCCC(CO)C1. The molecule has 1 aliphatic heterocycles. The van der Waals surface area contributed by atoms with Crippen LogP contribution in [-0.4, -0.2) is 37.5 Å². The smallest absolute Gasteiger partial charge is 0.243 e. The lowest BCUT2D eigenvalue weighted by molar-refractivity contribution is 0.165. The molecule has 106 valence electrons. The summed E-state index contributed by atoms with van der Waals surface area (Å²) in [4.78, 5) is 0.0195. The zero-order valence-electron chi connectivity index (χ0n) is 10.8. The van der Waals surface area contributed by atoms with E-state index in [0.29, 0.717) is 18.7 Å². The molecular formula is C13H18FNO3S. The van der Waals surface area contributed by atoms with Gasteiger partial charge >= 0.3 is 0 Å². The minimum Gasteiger partial charge on any atom is -0.396 e. The van der Waals surface area contributed by atoms with Gasteiger partial charge in [0.25, 0.3) is 0 Å². The number of piperidine rings is 1. The Balaban J connectivity index is 2.34. The summed E-state index contributed by atoms with van der Waals surface area (Å²) in [5.41, 5.74) is 0.535. The molecule has 1 saturated heterocycles. The van der Waals surface area contributed by atoms with Crippen molar-refractivity contribution in [2.24, 2.45) is 5.92 Å². The molecule has 6 heteroatoms. The van der Waals surface area contributed by atoms with E-state index in [1.165, 1.54) is 16.4 Å². The van der Waals surface area contributed by atoms with Crippen LogP contribution in [0, 0.1) is 18.7 Å². The molecule has 0 bridgehead atoms. The molecule has 0 amide bonds. The highest BCUT2D eigenvalue weighted by atomic mass is 32.2. The monoisotopic (exact) mass is 287 g/mol. The Kier molecular flexibility index (Phi) is 4.23. The fourth-order valence-electron chi connectivity index (χ4n) is 2.39. The maximum Gasteiger partial charge on any atom is 0.243 e. The van der Waals surface area contributed by atoms with E-state index >= 15 is 0 Å². The Labute approximate surface area is 112 Å². The third-order valence-corrected chi connectivity index (χ3v) is 5.52. The molecule has 0 radical (unpaired) electrons. The predicted molar refractivity (Wildman–Crippen MR) is 69.7 cm³/mol. The van der Waals surface area contributed by atoms with Gasteiger partial charge in [0.05, 0.1) is 4.90 Å². The summed E-state index contributed by atoms with van der Waals surface area (Å²) < 4.78 is 39.6. The highest BCUT2D eigenvalue weighted by Gasteiger charge is 2.31. The van der Waals surface area contributed by atoms with Crippen LogP contribution in [0.2, 0.25) is 0 Å². The molecule has 0 aliphatic carbocycles. The number of hydrogen-bond donors (Lipinski definition) is 1. The molecule has 1 atom stereocenters. The first kappa shape index (κ1) is 14.4. The van der Waals surface area contributed by atoms with E-state index in [4.69, 9.17) is 5.11 Å². The van der Waals surface area contributed by atoms with Crippen molar-refractivity contribution >= 4 is 10.0 Å². The summed E-state index contributed by atoms with van der Waals surface area (Å²) >= 11 is 0. The average molecular weight is 287 g/mol. The lowest BCUT2D eigenvalue weighted by Crippen LogP contribution is -2.41. The number of aliphatic hydroxyl groups excluding tert-OH is 1. The number of aliphatic hydroxyl groups is 1. The Morgan fingerprint density at radius 3 is 2.89 bits per heavy atom. The van der Waals surface area contributed by atoms with Crippen molar-refractivity contribution in [3.63, 3.8) is 0 Å². The van der Waals surface area contributed by atoms with Crippen LogP contribution in [0.1, 0.15) is 18.4 Å². The van der Waals surface area contributed by atoms with Crippen molar-refractivity contribution in [3.8, 4) is 0 Å². The van der Waals surface area contributed by atoms with E-state index in [1.54, 1.807) is 6.92 Å². The summed E-state index contributed by atoms with van der Waals surface area (Å²) in [6.07, 6.45) is 1.55.